The van der Waals surface area contributed by atoms with Crippen LogP contribution in [0.5, 0.6) is 0 Å². The van der Waals surface area contributed by atoms with Gasteiger partial charge in [-0.05, 0) is 32.2 Å². The average Bonchev–Trinajstić information content (AvgIpc) is 2.21. The van der Waals surface area contributed by atoms with Crippen molar-refractivity contribution in [2.75, 3.05) is 6.54 Å². The lowest BCUT2D eigenvalue weighted by atomic mass is 10.1. The third-order valence-electron chi connectivity index (χ3n) is 2.38. The van der Waals surface area contributed by atoms with Crippen LogP contribution in [-0.2, 0) is 4.79 Å². The number of hydrogen-bond acceptors (Lipinski definition) is 2. The Morgan fingerprint density at radius 2 is 1.93 bits per heavy atom. The smallest absolute Gasteiger partial charge is 0.234 e. The van der Waals surface area contributed by atoms with E-state index in [0.29, 0.717) is 0 Å². The molecule has 1 atom stereocenters. The molecule has 0 fully saturated rings. The first-order valence-electron chi connectivity index (χ1n) is 5.29. The Labute approximate surface area is 85.4 Å². The van der Waals surface area contributed by atoms with Gasteiger partial charge in [0.15, 0.2) is 0 Å². The lowest BCUT2D eigenvalue weighted by molar-refractivity contribution is -0.120. The second-order valence-electron chi connectivity index (χ2n) is 3.61. The molecule has 1 aliphatic rings. The number of primary amides is 1. The molecule has 3 heteroatoms. The highest BCUT2D eigenvalue weighted by Gasteiger charge is 2.13. The van der Waals surface area contributed by atoms with E-state index in [2.05, 4.69) is 17.2 Å². The second-order valence-corrected chi connectivity index (χ2v) is 3.61. The van der Waals surface area contributed by atoms with E-state index in [-0.39, 0.29) is 11.9 Å². The summed E-state index contributed by atoms with van der Waals surface area (Å²) in [7, 11) is 0. The van der Waals surface area contributed by atoms with Crippen molar-refractivity contribution in [3.63, 3.8) is 0 Å². The van der Waals surface area contributed by atoms with Crippen LogP contribution in [0.2, 0.25) is 0 Å². The molecule has 0 bridgehead atoms. The molecule has 3 nitrogen and oxygen atoms in total. The molecule has 0 spiro atoms. The molecule has 0 aromatic heterocycles. The average molecular weight is 194 g/mol. The summed E-state index contributed by atoms with van der Waals surface area (Å²) >= 11 is 0. The summed E-state index contributed by atoms with van der Waals surface area (Å²) < 4.78 is 0. The molecule has 78 valence electrons. The number of nitrogens with two attached hydrogens (primary N) is 1. The number of carbonyl (C=O) groups is 1. The maximum absolute atomic E-state index is 11.0. The summed E-state index contributed by atoms with van der Waals surface area (Å²) in [5, 5.41) is 3.19. The van der Waals surface area contributed by atoms with Crippen molar-refractivity contribution in [1.29, 1.82) is 0 Å². The van der Waals surface area contributed by atoms with Gasteiger partial charge in [0, 0.05) is 12.8 Å². The van der Waals surface area contributed by atoms with Gasteiger partial charge in [0.25, 0.3) is 0 Å². The predicted molar refractivity (Wildman–Crippen MR) is 56.5 cm³/mol. The Morgan fingerprint density at radius 1 is 1.21 bits per heavy atom. The van der Waals surface area contributed by atoms with Gasteiger partial charge in [0.2, 0.25) is 5.91 Å². The zero-order chi connectivity index (χ0) is 10.2. The first-order chi connectivity index (χ1) is 6.80. The van der Waals surface area contributed by atoms with Gasteiger partial charge in [-0.15, -0.1) is 11.8 Å². The van der Waals surface area contributed by atoms with Crippen LogP contribution in [0.1, 0.15) is 38.5 Å². The molecular weight excluding hydrogens is 176 g/mol. The van der Waals surface area contributed by atoms with Crippen molar-refractivity contribution in [2.24, 2.45) is 5.73 Å². The van der Waals surface area contributed by atoms with Crippen LogP contribution >= 0.6 is 0 Å². The van der Waals surface area contributed by atoms with Crippen LogP contribution in [0.3, 0.4) is 0 Å². The fourth-order valence-electron chi connectivity index (χ4n) is 1.53. The van der Waals surface area contributed by atoms with E-state index < -0.39 is 0 Å². The van der Waals surface area contributed by atoms with Gasteiger partial charge < -0.3 is 11.1 Å². The lowest BCUT2D eigenvalue weighted by Crippen LogP contribution is -2.41. The molecule has 1 rings (SSSR count). The van der Waals surface area contributed by atoms with E-state index in [1.54, 1.807) is 0 Å². The first-order valence-corrected chi connectivity index (χ1v) is 5.29. The predicted octanol–water partition coefficient (Wildman–Crippen LogP) is 0.787. The van der Waals surface area contributed by atoms with E-state index in [4.69, 9.17) is 5.73 Å². The molecular formula is C11H18N2O. The number of amides is 1. The molecule has 14 heavy (non-hydrogen) atoms. The Morgan fingerprint density at radius 3 is 2.64 bits per heavy atom. The molecule has 0 saturated carbocycles. The molecule has 1 heterocycles. The summed E-state index contributed by atoms with van der Waals surface area (Å²) in [5.74, 6) is 6.01. The van der Waals surface area contributed by atoms with Gasteiger partial charge >= 0.3 is 0 Å². The molecule has 0 aromatic rings. The highest BCUT2D eigenvalue weighted by atomic mass is 16.1. The van der Waals surface area contributed by atoms with Gasteiger partial charge in [0.1, 0.15) is 0 Å². The van der Waals surface area contributed by atoms with Gasteiger partial charge in [-0.25, -0.2) is 0 Å². The van der Waals surface area contributed by atoms with E-state index in [1.165, 1.54) is 0 Å². The molecule has 0 aromatic carbocycles. The monoisotopic (exact) mass is 194 g/mol. The zero-order valence-electron chi connectivity index (χ0n) is 8.51. The standard InChI is InChI=1S/C11H18N2O/c12-11(14)10-8-6-4-2-1-3-5-7-9-13-10/h10,13H,3-9H2,(H2,12,14). The fraction of sp³-hybridized carbons (Fsp3) is 0.727. The Kier molecular flexibility index (Phi) is 5.09. The van der Waals surface area contributed by atoms with Gasteiger partial charge in [-0.1, -0.05) is 0 Å². The Hall–Kier alpha value is -1.01. The minimum absolute atomic E-state index is 0.158. The van der Waals surface area contributed by atoms with Crippen molar-refractivity contribution >= 4 is 5.91 Å². The fourth-order valence-corrected chi connectivity index (χ4v) is 1.53. The topological polar surface area (TPSA) is 55.1 Å². The minimum Gasteiger partial charge on any atom is -0.368 e. The third-order valence-corrected chi connectivity index (χ3v) is 2.38. The SMILES string of the molecule is NC(=O)C1CCCC#CCCCCN1. The summed E-state index contributed by atoms with van der Waals surface area (Å²) in [5.41, 5.74) is 5.28. The molecule has 1 aliphatic heterocycles. The van der Waals surface area contributed by atoms with Crippen LogP contribution < -0.4 is 11.1 Å². The van der Waals surface area contributed by atoms with Crippen LogP contribution in [-0.4, -0.2) is 18.5 Å². The molecule has 0 aliphatic carbocycles. The van der Waals surface area contributed by atoms with E-state index in [0.717, 1.165) is 45.1 Å². The van der Waals surface area contributed by atoms with Crippen molar-refractivity contribution in [3.05, 3.63) is 0 Å². The number of carbonyl (C=O) groups excluding carboxylic acids is 1. The summed E-state index contributed by atoms with van der Waals surface area (Å²) in [6, 6.07) is -0.158. The number of nitrogens with one attached hydrogen (secondary N) is 1. The summed E-state index contributed by atoms with van der Waals surface area (Å²) in [4.78, 5) is 11.0. The molecule has 1 unspecified atom stereocenters. The van der Waals surface area contributed by atoms with Crippen LogP contribution in [0.4, 0.5) is 0 Å². The van der Waals surface area contributed by atoms with Gasteiger partial charge in [-0.2, -0.15) is 0 Å². The van der Waals surface area contributed by atoms with Crippen molar-refractivity contribution in [1.82, 2.24) is 5.32 Å². The minimum atomic E-state index is -0.239. The summed E-state index contributed by atoms with van der Waals surface area (Å²) in [6.45, 7) is 0.870. The summed E-state index contributed by atoms with van der Waals surface area (Å²) in [6.07, 6.45) is 5.79. The van der Waals surface area contributed by atoms with Gasteiger partial charge in [-0.3, -0.25) is 4.79 Å². The maximum atomic E-state index is 11.0. The first kappa shape index (κ1) is 11.1. The largest absolute Gasteiger partial charge is 0.368 e. The van der Waals surface area contributed by atoms with Crippen molar-refractivity contribution in [2.45, 2.75) is 44.6 Å². The van der Waals surface area contributed by atoms with Crippen molar-refractivity contribution < 1.29 is 4.79 Å². The zero-order valence-corrected chi connectivity index (χ0v) is 8.51. The Bertz CT molecular complexity index is 239. The molecule has 0 saturated heterocycles. The van der Waals surface area contributed by atoms with E-state index >= 15 is 0 Å². The number of rotatable bonds is 1. The van der Waals surface area contributed by atoms with Crippen LogP contribution in [0.15, 0.2) is 0 Å². The number of hydrogen-bond donors (Lipinski definition) is 2. The normalized spacial score (nSPS) is 24.1. The highest BCUT2D eigenvalue weighted by Crippen LogP contribution is 2.03. The maximum Gasteiger partial charge on any atom is 0.234 e. The Balaban J connectivity index is 2.40. The van der Waals surface area contributed by atoms with Gasteiger partial charge in [0.05, 0.1) is 6.04 Å². The third kappa shape index (κ3) is 4.29. The molecule has 0 radical (unpaired) electrons. The van der Waals surface area contributed by atoms with E-state index in [9.17, 15) is 4.79 Å². The second kappa shape index (κ2) is 6.44. The molecule has 3 N–H and O–H groups in total. The van der Waals surface area contributed by atoms with Crippen molar-refractivity contribution in [3.8, 4) is 11.8 Å². The molecule has 1 amide bonds. The van der Waals surface area contributed by atoms with Crippen LogP contribution in [0.25, 0.3) is 0 Å². The lowest BCUT2D eigenvalue weighted by Gasteiger charge is -2.13. The van der Waals surface area contributed by atoms with E-state index in [1.807, 2.05) is 0 Å². The van der Waals surface area contributed by atoms with Crippen LogP contribution in [0, 0.1) is 11.8 Å². The quantitative estimate of drug-likeness (QED) is 0.606. The highest BCUT2D eigenvalue weighted by molar-refractivity contribution is 5.79.